The van der Waals surface area contributed by atoms with Crippen LogP contribution in [0.25, 0.3) is 11.1 Å². The molecule has 0 saturated heterocycles. The first-order valence-electron chi connectivity index (χ1n) is 9.93. The van der Waals surface area contributed by atoms with E-state index < -0.39 is 22.5 Å². The van der Waals surface area contributed by atoms with Crippen molar-refractivity contribution >= 4 is 17.7 Å². The van der Waals surface area contributed by atoms with Crippen molar-refractivity contribution in [1.29, 1.82) is 0 Å². The molecule has 3 aromatic rings. The van der Waals surface area contributed by atoms with Crippen LogP contribution >= 0.6 is 0 Å². The lowest BCUT2D eigenvalue weighted by atomic mass is 9.92. The molecule has 0 fully saturated rings. The maximum Gasteiger partial charge on any atom is 0.408 e. The molecule has 0 aliphatic heterocycles. The van der Waals surface area contributed by atoms with Crippen molar-refractivity contribution in [3.05, 3.63) is 99.6 Å². The van der Waals surface area contributed by atoms with Gasteiger partial charge in [-0.25, -0.2) is 9.59 Å². The molecular weight excluding hydrogens is 412 g/mol. The molecule has 8 nitrogen and oxygen atoms in total. The van der Waals surface area contributed by atoms with Crippen molar-refractivity contribution in [2.75, 3.05) is 6.61 Å². The molecule has 3 aromatic carbocycles. The molecule has 0 radical (unpaired) electrons. The van der Waals surface area contributed by atoms with E-state index in [0.29, 0.717) is 0 Å². The number of carbonyl (C=O) groups excluding carboxylic acids is 1. The van der Waals surface area contributed by atoms with Gasteiger partial charge in [-0.3, -0.25) is 10.1 Å². The molecule has 0 saturated carbocycles. The summed E-state index contributed by atoms with van der Waals surface area (Å²) in [6.45, 7) is 1.28. The number of nitrogens with zero attached hydrogens (tertiary/aromatic N) is 1. The Morgan fingerprint density at radius 1 is 1.03 bits per heavy atom. The van der Waals surface area contributed by atoms with Gasteiger partial charge in [-0.15, -0.1) is 0 Å². The van der Waals surface area contributed by atoms with Crippen LogP contribution in [-0.4, -0.2) is 28.7 Å². The number of nitro benzene ring substituents is 1. The molecule has 32 heavy (non-hydrogen) atoms. The number of nitrogens with one attached hydrogen (secondary N) is 1. The first kappa shape index (κ1) is 21.0. The lowest BCUT2D eigenvalue weighted by molar-refractivity contribution is -0.385. The Hall–Kier alpha value is -4.20. The monoisotopic (exact) mass is 432 g/mol. The Balaban J connectivity index is 1.54. The summed E-state index contributed by atoms with van der Waals surface area (Å²) in [6.07, 6.45) is -0.928. The van der Waals surface area contributed by atoms with Gasteiger partial charge in [-0.05, 0) is 34.7 Å². The molecule has 0 aromatic heterocycles. The number of aliphatic carboxylic acids is 1. The lowest BCUT2D eigenvalue weighted by Crippen LogP contribution is -2.50. The van der Waals surface area contributed by atoms with Gasteiger partial charge in [0.15, 0.2) is 5.54 Å². The number of benzene rings is 3. The summed E-state index contributed by atoms with van der Waals surface area (Å²) in [4.78, 5) is 35.0. The predicted molar refractivity (Wildman–Crippen MR) is 116 cm³/mol. The van der Waals surface area contributed by atoms with Crippen LogP contribution in [0.15, 0.2) is 72.8 Å². The number of carboxylic acid groups (broad SMARTS) is 1. The Bertz CT molecular complexity index is 1180. The van der Waals surface area contributed by atoms with Crippen LogP contribution in [0.2, 0.25) is 0 Å². The second-order valence-electron chi connectivity index (χ2n) is 7.69. The minimum Gasteiger partial charge on any atom is -0.479 e. The highest BCUT2D eigenvalue weighted by atomic mass is 16.6. The topological polar surface area (TPSA) is 119 Å². The summed E-state index contributed by atoms with van der Waals surface area (Å²) in [5.74, 6) is -1.55. The quantitative estimate of drug-likeness (QED) is 0.439. The Morgan fingerprint density at radius 2 is 1.62 bits per heavy atom. The number of rotatable bonds is 6. The number of ether oxygens (including phenoxy) is 1. The average Bonchev–Trinajstić information content (AvgIpc) is 3.11. The molecule has 162 valence electrons. The lowest BCUT2D eigenvalue weighted by Gasteiger charge is -2.26. The summed E-state index contributed by atoms with van der Waals surface area (Å²) in [5, 5.41) is 23.2. The minimum absolute atomic E-state index is 0.0183. The SMILES string of the molecule is CC(NC(=O)OCC1c2ccccc2-c2ccccc21)(C(=O)O)c1cccc([N+](=O)[O-])c1. The van der Waals surface area contributed by atoms with E-state index in [2.05, 4.69) is 5.32 Å². The van der Waals surface area contributed by atoms with Crippen molar-refractivity contribution in [1.82, 2.24) is 5.32 Å². The van der Waals surface area contributed by atoms with Gasteiger partial charge in [-0.1, -0.05) is 60.7 Å². The van der Waals surface area contributed by atoms with Crippen molar-refractivity contribution in [3.8, 4) is 11.1 Å². The molecule has 1 aliphatic rings. The zero-order valence-corrected chi connectivity index (χ0v) is 17.1. The third-order valence-electron chi connectivity index (χ3n) is 5.76. The normalized spacial score (nSPS) is 14.0. The first-order chi connectivity index (χ1) is 15.3. The van der Waals surface area contributed by atoms with E-state index in [0.717, 1.165) is 28.3 Å². The first-order valence-corrected chi connectivity index (χ1v) is 9.93. The Morgan fingerprint density at radius 3 is 2.19 bits per heavy atom. The third kappa shape index (κ3) is 3.66. The van der Waals surface area contributed by atoms with E-state index in [1.807, 2.05) is 48.5 Å². The van der Waals surface area contributed by atoms with Gasteiger partial charge < -0.3 is 15.2 Å². The second kappa shape index (κ2) is 8.14. The number of nitro groups is 1. The van der Waals surface area contributed by atoms with Crippen LogP contribution in [0, 0.1) is 10.1 Å². The van der Waals surface area contributed by atoms with Gasteiger partial charge in [0.05, 0.1) is 4.92 Å². The number of amides is 1. The number of fused-ring (bicyclic) bond motifs is 3. The van der Waals surface area contributed by atoms with E-state index in [1.54, 1.807) is 0 Å². The van der Waals surface area contributed by atoms with Crippen molar-refractivity contribution in [2.45, 2.75) is 18.4 Å². The van der Waals surface area contributed by atoms with Crippen molar-refractivity contribution in [3.63, 3.8) is 0 Å². The van der Waals surface area contributed by atoms with Gasteiger partial charge in [0.25, 0.3) is 5.69 Å². The molecule has 8 heteroatoms. The summed E-state index contributed by atoms with van der Waals surface area (Å²) in [6, 6.07) is 20.9. The summed E-state index contributed by atoms with van der Waals surface area (Å²) in [5.41, 5.74) is 2.08. The molecule has 0 heterocycles. The zero-order chi connectivity index (χ0) is 22.9. The molecular formula is C24H20N2O6. The molecule has 1 unspecified atom stereocenters. The molecule has 1 aliphatic carbocycles. The number of carbonyl (C=O) groups is 2. The van der Waals surface area contributed by atoms with E-state index in [1.165, 1.54) is 25.1 Å². The van der Waals surface area contributed by atoms with Gasteiger partial charge in [0, 0.05) is 18.1 Å². The number of alkyl carbamates (subject to hydrolysis) is 1. The van der Waals surface area contributed by atoms with E-state index >= 15 is 0 Å². The highest BCUT2D eigenvalue weighted by molar-refractivity contribution is 5.86. The van der Waals surface area contributed by atoms with Gasteiger partial charge in [0.2, 0.25) is 0 Å². The molecule has 2 N–H and O–H groups in total. The summed E-state index contributed by atoms with van der Waals surface area (Å²) in [7, 11) is 0. The fraction of sp³-hybridized carbons (Fsp3) is 0.167. The van der Waals surface area contributed by atoms with Crippen LogP contribution in [0.4, 0.5) is 10.5 Å². The van der Waals surface area contributed by atoms with Crippen LogP contribution in [-0.2, 0) is 15.1 Å². The predicted octanol–water partition coefficient (Wildman–Crippen LogP) is 4.43. The van der Waals surface area contributed by atoms with Crippen molar-refractivity contribution in [2.24, 2.45) is 0 Å². The van der Waals surface area contributed by atoms with Crippen LogP contribution in [0.1, 0.15) is 29.5 Å². The molecule has 1 atom stereocenters. The highest BCUT2D eigenvalue weighted by Crippen LogP contribution is 2.44. The summed E-state index contributed by atoms with van der Waals surface area (Å²) >= 11 is 0. The molecule has 0 bridgehead atoms. The van der Waals surface area contributed by atoms with Crippen molar-refractivity contribution < 1.29 is 24.4 Å². The molecule has 1 amide bonds. The van der Waals surface area contributed by atoms with E-state index in [-0.39, 0.29) is 23.8 Å². The maximum absolute atomic E-state index is 12.6. The van der Waals surface area contributed by atoms with Gasteiger partial charge in [-0.2, -0.15) is 0 Å². The van der Waals surface area contributed by atoms with E-state index in [9.17, 15) is 24.8 Å². The number of hydrogen-bond acceptors (Lipinski definition) is 5. The molecule has 0 spiro atoms. The smallest absolute Gasteiger partial charge is 0.408 e. The number of carboxylic acids is 1. The third-order valence-corrected chi connectivity index (χ3v) is 5.76. The Labute approximate surface area is 183 Å². The second-order valence-corrected chi connectivity index (χ2v) is 7.69. The largest absolute Gasteiger partial charge is 0.479 e. The zero-order valence-electron chi connectivity index (χ0n) is 17.1. The average molecular weight is 432 g/mol. The van der Waals surface area contributed by atoms with Gasteiger partial charge >= 0.3 is 12.1 Å². The van der Waals surface area contributed by atoms with Crippen LogP contribution in [0.5, 0.6) is 0 Å². The fourth-order valence-electron chi connectivity index (χ4n) is 4.02. The standard InChI is InChI=1S/C24H20N2O6/c1-24(22(27)28,15-7-6-8-16(13-15)26(30)31)25-23(29)32-14-21-19-11-4-2-9-17(19)18-10-3-5-12-20(18)21/h2-13,21H,14H2,1H3,(H,25,29)(H,27,28). The number of non-ortho nitro benzene ring substituents is 1. The fourth-order valence-corrected chi connectivity index (χ4v) is 4.02. The molecule has 4 rings (SSSR count). The summed E-state index contributed by atoms with van der Waals surface area (Å²) < 4.78 is 5.44. The maximum atomic E-state index is 12.6. The minimum atomic E-state index is -1.91. The number of hydrogen-bond donors (Lipinski definition) is 2. The van der Waals surface area contributed by atoms with E-state index in [4.69, 9.17) is 4.74 Å². The van der Waals surface area contributed by atoms with Gasteiger partial charge in [0.1, 0.15) is 6.61 Å². The Kier molecular flexibility index (Phi) is 5.36. The van der Waals surface area contributed by atoms with Crippen LogP contribution < -0.4 is 5.32 Å². The van der Waals surface area contributed by atoms with Crippen LogP contribution in [0.3, 0.4) is 0 Å². The highest BCUT2D eigenvalue weighted by Gasteiger charge is 2.39.